The van der Waals surface area contributed by atoms with E-state index in [1.165, 1.54) is 0 Å². The van der Waals surface area contributed by atoms with Gasteiger partial charge < -0.3 is 14.5 Å². The van der Waals surface area contributed by atoms with Gasteiger partial charge in [-0.2, -0.15) is 5.10 Å². The molecule has 0 aliphatic carbocycles. The Morgan fingerprint density at radius 2 is 1.90 bits per heavy atom. The van der Waals surface area contributed by atoms with Crippen LogP contribution in [0.2, 0.25) is 0 Å². The summed E-state index contributed by atoms with van der Waals surface area (Å²) in [5.74, 6) is 1.11. The number of hydrogen-bond donors (Lipinski definition) is 1. The number of piperazine rings is 1. The first-order valence-corrected chi connectivity index (χ1v) is 10.6. The highest BCUT2D eigenvalue weighted by Crippen LogP contribution is 2.31. The van der Waals surface area contributed by atoms with Gasteiger partial charge in [-0.05, 0) is 24.3 Å². The summed E-state index contributed by atoms with van der Waals surface area (Å²) in [6.07, 6.45) is 0.232. The third kappa shape index (κ3) is 3.58. The third-order valence-electron chi connectivity index (χ3n) is 6.19. The van der Waals surface area contributed by atoms with E-state index in [4.69, 9.17) is 4.74 Å². The van der Waals surface area contributed by atoms with E-state index >= 15 is 0 Å². The van der Waals surface area contributed by atoms with Gasteiger partial charge in [-0.3, -0.25) is 19.6 Å². The Morgan fingerprint density at radius 3 is 2.71 bits per heavy atom. The van der Waals surface area contributed by atoms with Crippen LogP contribution in [0.5, 0.6) is 5.75 Å². The molecule has 3 aromatic rings. The zero-order valence-corrected chi connectivity index (χ0v) is 17.5. The van der Waals surface area contributed by atoms with E-state index in [0.717, 1.165) is 35.4 Å². The SMILES string of the molecule is COc1cccc(N2CCN(C(=O)[C@@H]3CC(=O)N(c4n[nH]c5ccccc45)C3)CC2)c1. The lowest BCUT2D eigenvalue weighted by Gasteiger charge is -2.37. The molecule has 0 radical (unpaired) electrons. The van der Waals surface area contributed by atoms with Gasteiger partial charge in [-0.15, -0.1) is 0 Å². The maximum atomic E-state index is 13.1. The van der Waals surface area contributed by atoms with Gasteiger partial charge in [0.2, 0.25) is 11.8 Å². The molecule has 1 aromatic heterocycles. The normalized spacial score (nSPS) is 19.3. The quantitative estimate of drug-likeness (QED) is 0.702. The zero-order valence-electron chi connectivity index (χ0n) is 17.5. The number of amides is 2. The van der Waals surface area contributed by atoms with Gasteiger partial charge in [0.15, 0.2) is 5.82 Å². The summed E-state index contributed by atoms with van der Waals surface area (Å²) in [5.41, 5.74) is 1.98. The topological polar surface area (TPSA) is 81.8 Å². The summed E-state index contributed by atoms with van der Waals surface area (Å²) in [4.78, 5) is 31.6. The Balaban J connectivity index is 1.24. The molecule has 0 unspecified atom stereocenters. The molecule has 0 saturated carbocycles. The van der Waals surface area contributed by atoms with Gasteiger partial charge >= 0.3 is 0 Å². The molecule has 3 heterocycles. The molecule has 1 atom stereocenters. The molecule has 2 aromatic carbocycles. The van der Waals surface area contributed by atoms with Crippen LogP contribution in [0.15, 0.2) is 48.5 Å². The number of aromatic amines is 1. The van der Waals surface area contributed by atoms with Gasteiger partial charge in [0.05, 0.1) is 18.5 Å². The number of nitrogens with zero attached hydrogens (tertiary/aromatic N) is 4. The number of ether oxygens (including phenoxy) is 1. The molecule has 2 saturated heterocycles. The molecule has 8 heteroatoms. The summed E-state index contributed by atoms with van der Waals surface area (Å²) < 4.78 is 5.31. The summed E-state index contributed by atoms with van der Waals surface area (Å²) in [6.45, 7) is 3.18. The molecule has 1 N–H and O–H groups in total. The van der Waals surface area contributed by atoms with E-state index in [-0.39, 0.29) is 24.2 Å². The number of carbonyl (C=O) groups is 2. The fourth-order valence-corrected chi connectivity index (χ4v) is 4.48. The molecule has 5 rings (SSSR count). The lowest BCUT2D eigenvalue weighted by Crippen LogP contribution is -2.50. The Hall–Kier alpha value is -3.55. The van der Waals surface area contributed by atoms with E-state index in [9.17, 15) is 9.59 Å². The van der Waals surface area contributed by atoms with Gasteiger partial charge in [-0.1, -0.05) is 18.2 Å². The Bertz CT molecular complexity index is 1120. The van der Waals surface area contributed by atoms with Crippen LogP contribution in [0.4, 0.5) is 11.5 Å². The number of para-hydroxylation sites is 1. The number of carbonyl (C=O) groups excluding carboxylic acids is 2. The van der Waals surface area contributed by atoms with Gasteiger partial charge in [-0.25, -0.2) is 0 Å². The number of H-pyrrole nitrogens is 1. The van der Waals surface area contributed by atoms with Crippen molar-refractivity contribution in [3.8, 4) is 5.75 Å². The van der Waals surface area contributed by atoms with Crippen molar-refractivity contribution < 1.29 is 14.3 Å². The predicted octanol–water partition coefficient (Wildman–Crippen LogP) is 2.27. The minimum absolute atomic E-state index is 0.0504. The maximum absolute atomic E-state index is 13.1. The first-order chi connectivity index (χ1) is 15.1. The molecule has 160 valence electrons. The van der Waals surface area contributed by atoms with Crippen molar-refractivity contribution >= 4 is 34.2 Å². The molecule has 2 aliphatic heterocycles. The molecule has 2 aliphatic rings. The minimum atomic E-state index is -0.327. The Morgan fingerprint density at radius 1 is 1.10 bits per heavy atom. The molecular weight excluding hydrogens is 394 g/mol. The lowest BCUT2D eigenvalue weighted by atomic mass is 10.1. The van der Waals surface area contributed by atoms with E-state index in [2.05, 4.69) is 21.2 Å². The number of methoxy groups -OCH3 is 1. The predicted molar refractivity (Wildman–Crippen MR) is 118 cm³/mol. The van der Waals surface area contributed by atoms with E-state index in [1.54, 1.807) is 12.0 Å². The van der Waals surface area contributed by atoms with Crippen LogP contribution >= 0.6 is 0 Å². The van der Waals surface area contributed by atoms with Crippen LogP contribution in [0, 0.1) is 5.92 Å². The van der Waals surface area contributed by atoms with Crippen molar-refractivity contribution in [1.29, 1.82) is 0 Å². The van der Waals surface area contributed by atoms with Crippen molar-refractivity contribution in [2.24, 2.45) is 5.92 Å². The second-order valence-corrected chi connectivity index (χ2v) is 8.01. The number of rotatable bonds is 4. The number of hydrogen-bond acceptors (Lipinski definition) is 5. The maximum Gasteiger partial charge on any atom is 0.229 e. The van der Waals surface area contributed by atoms with Gasteiger partial charge in [0.25, 0.3) is 0 Å². The summed E-state index contributed by atoms with van der Waals surface area (Å²) in [5, 5.41) is 8.20. The first-order valence-electron chi connectivity index (χ1n) is 10.6. The standard InChI is InChI=1S/C23H25N5O3/c1-31-18-6-4-5-17(14-18)26-9-11-27(12-10-26)23(30)16-13-21(29)28(15-16)22-19-7-2-3-8-20(19)24-25-22/h2-8,14,16H,9-13,15H2,1H3,(H,24,25)/t16-/m1/s1. The van der Waals surface area contributed by atoms with Crippen LogP contribution in [-0.2, 0) is 9.59 Å². The molecule has 0 bridgehead atoms. The highest BCUT2D eigenvalue weighted by Gasteiger charge is 2.39. The molecule has 2 fully saturated rings. The van der Waals surface area contributed by atoms with Crippen molar-refractivity contribution in [2.45, 2.75) is 6.42 Å². The summed E-state index contributed by atoms with van der Waals surface area (Å²) in [6, 6.07) is 15.7. The fraction of sp³-hybridized carbons (Fsp3) is 0.348. The lowest BCUT2D eigenvalue weighted by molar-refractivity contribution is -0.136. The monoisotopic (exact) mass is 419 g/mol. The third-order valence-corrected chi connectivity index (χ3v) is 6.19. The first kappa shape index (κ1) is 19.4. The fourth-order valence-electron chi connectivity index (χ4n) is 4.48. The van der Waals surface area contributed by atoms with Crippen molar-refractivity contribution in [2.75, 3.05) is 49.6 Å². The molecule has 8 nitrogen and oxygen atoms in total. The van der Waals surface area contributed by atoms with Crippen molar-refractivity contribution in [3.05, 3.63) is 48.5 Å². The van der Waals surface area contributed by atoms with Crippen LogP contribution in [0.25, 0.3) is 10.9 Å². The zero-order chi connectivity index (χ0) is 21.4. The van der Waals surface area contributed by atoms with Crippen LogP contribution < -0.4 is 14.5 Å². The average Bonchev–Trinajstić information content (AvgIpc) is 3.42. The number of fused-ring (bicyclic) bond motifs is 1. The summed E-state index contributed by atoms with van der Waals surface area (Å²) >= 11 is 0. The smallest absolute Gasteiger partial charge is 0.229 e. The van der Waals surface area contributed by atoms with Crippen LogP contribution in [0.1, 0.15) is 6.42 Å². The Labute approximate surface area is 180 Å². The second-order valence-electron chi connectivity index (χ2n) is 8.01. The van der Waals surface area contributed by atoms with Crippen LogP contribution in [0.3, 0.4) is 0 Å². The number of aromatic nitrogens is 2. The van der Waals surface area contributed by atoms with E-state index in [0.29, 0.717) is 25.5 Å². The molecular formula is C23H25N5O3. The molecule has 2 amide bonds. The second kappa shape index (κ2) is 7.94. The highest BCUT2D eigenvalue weighted by atomic mass is 16.5. The highest BCUT2D eigenvalue weighted by molar-refractivity contribution is 6.05. The Kier molecular flexibility index (Phi) is 4.97. The van der Waals surface area contributed by atoms with Gasteiger partial charge in [0.1, 0.15) is 5.75 Å². The molecule has 31 heavy (non-hydrogen) atoms. The minimum Gasteiger partial charge on any atom is -0.497 e. The number of nitrogens with one attached hydrogen (secondary N) is 1. The number of benzene rings is 2. The largest absolute Gasteiger partial charge is 0.497 e. The average molecular weight is 419 g/mol. The number of anilines is 2. The van der Waals surface area contributed by atoms with E-state index < -0.39 is 0 Å². The van der Waals surface area contributed by atoms with Crippen molar-refractivity contribution in [3.63, 3.8) is 0 Å². The van der Waals surface area contributed by atoms with Crippen molar-refractivity contribution in [1.82, 2.24) is 15.1 Å². The van der Waals surface area contributed by atoms with E-state index in [1.807, 2.05) is 47.4 Å². The van der Waals surface area contributed by atoms with Crippen LogP contribution in [-0.4, -0.2) is 66.7 Å². The van der Waals surface area contributed by atoms with Gasteiger partial charge in [0, 0.05) is 56.3 Å². The summed E-state index contributed by atoms with van der Waals surface area (Å²) in [7, 11) is 1.66. The molecule has 0 spiro atoms.